The quantitative estimate of drug-likeness (QED) is 0.789. The Bertz CT molecular complexity index is 886. The Morgan fingerprint density at radius 3 is 2.52 bits per heavy atom. The van der Waals surface area contributed by atoms with E-state index in [-0.39, 0.29) is 23.7 Å². The highest BCUT2D eigenvalue weighted by Gasteiger charge is 2.24. The van der Waals surface area contributed by atoms with Gasteiger partial charge in [-0.25, -0.2) is 4.39 Å². The summed E-state index contributed by atoms with van der Waals surface area (Å²) in [6, 6.07) is 10.1. The second-order valence-corrected chi connectivity index (χ2v) is 6.53. The van der Waals surface area contributed by atoms with Gasteiger partial charge in [0.1, 0.15) is 5.82 Å². The van der Waals surface area contributed by atoms with Crippen molar-refractivity contribution in [2.75, 3.05) is 11.4 Å². The van der Waals surface area contributed by atoms with Crippen LogP contribution in [0.2, 0.25) is 5.02 Å². The highest BCUT2D eigenvalue weighted by Crippen LogP contribution is 2.30. The number of hydrogen-bond acceptors (Lipinski definition) is 3. The molecule has 6 nitrogen and oxygen atoms in total. The molecule has 2 aromatic carbocycles. The molecule has 0 bridgehead atoms. The molecule has 3 rings (SSSR count). The van der Waals surface area contributed by atoms with Gasteiger partial charge in [0.25, 0.3) is 5.91 Å². The molecule has 0 radical (unpaired) electrons. The molecule has 1 aliphatic heterocycles. The lowest BCUT2D eigenvalue weighted by atomic mass is 10.1. The fourth-order valence-electron chi connectivity index (χ4n) is 2.79. The monoisotopic (exact) mass is 389 g/mol. The maximum absolute atomic E-state index is 12.9. The third kappa shape index (κ3) is 4.62. The zero-order valence-electron chi connectivity index (χ0n) is 14.3. The van der Waals surface area contributed by atoms with E-state index in [0.29, 0.717) is 29.2 Å². The van der Waals surface area contributed by atoms with Crippen molar-refractivity contribution in [3.63, 3.8) is 0 Å². The van der Waals surface area contributed by atoms with Gasteiger partial charge in [-0.2, -0.15) is 0 Å². The van der Waals surface area contributed by atoms with Crippen LogP contribution >= 0.6 is 11.6 Å². The standard InChI is InChI=1S/C19H17ClFN3O3/c20-15-8-5-13(11-16(15)24-9-1-2-18(24)26)19(27)23-22-17(25)10-12-3-6-14(21)7-4-12/h3-8,11H,1-2,9-10H2,(H,22,25)(H,23,27). The molecule has 140 valence electrons. The number of halogens is 2. The third-order valence-corrected chi connectivity index (χ3v) is 4.49. The second kappa shape index (κ2) is 8.18. The molecular formula is C19H17ClFN3O3. The predicted molar refractivity (Wildman–Crippen MR) is 98.8 cm³/mol. The van der Waals surface area contributed by atoms with Crippen LogP contribution in [0.3, 0.4) is 0 Å². The molecule has 1 fully saturated rings. The van der Waals surface area contributed by atoms with E-state index in [0.717, 1.165) is 6.42 Å². The van der Waals surface area contributed by atoms with Crippen LogP contribution < -0.4 is 15.8 Å². The number of nitrogens with one attached hydrogen (secondary N) is 2. The Labute approximate surface area is 160 Å². The number of nitrogens with zero attached hydrogens (tertiary/aromatic N) is 1. The Balaban J connectivity index is 1.61. The van der Waals surface area contributed by atoms with Gasteiger partial charge in [-0.05, 0) is 42.3 Å². The number of rotatable bonds is 4. The van der Waals surface area contributed by atoms with Crippen LogP contribution in [0, 0.1) is 5.82 Å². The summed E-state index contributed by atoms with van der Waals surface area (Å²) < 4.78 is 12.9. The van der Waals surface area contributed by atoms with Crippen LogP contribution in [0.4, 0.5) is 10.1 Å². The first-order valence-electron chi connectivity index (χ1n) is 8.37. The van der Waals surface area contributed by atoms with E-state index in [9.17, 15) is 18.8 Å². The van der Waals surface area contributed by atoms with Crippen molar-refractivity contribution in [1.29, 1.82) is 0 Å². The van der Waals surface area contributed by atoms with E-state index in [1.54, 1.807) is 4.90 Å². The molecule has 0 spiro atoms. The second-order valence-electron chi connectivity index (χ2n) is 6.12. The van der Waals surface area contributed by atoms with Crippen LogP contribution in [-0.2, 0) is 16.0 Å². The lowest BCUT2D eigenvalue weighted by Crippen LogP contribution is -2.42. The summed E-state index contributed by atoms with van der Waals surface area (Å²) in [5.41, 5.74) is 5.98. The fraction of sp³-hybridized carbons (Fsp3) is 0.211. The van der Waals surface area contributed by atoms with Gasteiger partial charge in [0.05, 0.1) is 17.1 Å². The van der Waals surface area contributed by atoms with Gasteiger partial charge in [0.2, 0.25) is 11.8 Å². The van der Waals surface area contributed by atoms with Crippen molar-refractivity contribution in [2.45, 2.75) is 19.3 Å². The molecule has 1 aliphatic rings. The number of amides is 3. The third-order valence-electron chi connectivity index (χ3n) is 4.17. The highest BCUT2D eigenvalue weighted by atomic mass is 35.5. The average molecular weight is 390 g/mol. The van der Waals surface area contributed by atoms with Crippen molar-refractivity contribution in [3.8, 4) is 0 Å². The van der Waals surface area contributed by atoms with E-state index in [2.05, 4.69) is 10.9 Å². The molecule has 8 heteroatoms. The molecule has 0 aromatic heterocycles. The molecule has 0 aliphatic carbocycles. The van der Waals surface area contributed by atoms with Gasteiger partial charge in [0.15, 0.2) is 0 Å². The summed E-state index contributed by atoms with van der Waals surface area (Å²) in [7, 11) is 0. The van der Waals surface area contributed by atoms with Crippen LogP contribution in [0.25, 0.3) is 0 Å². The molecule has 0 saturated carbocycles. The Morgan fingerprint density at radius 1 is 1.11 bits per heavy atom. The van der Waals surface area contributed by atoms with E-state index in [4.69, 9.17) is 11.6 Å². The van der Waals surface area contributed by atoms with Crippen molar-refractivity contribution in [1.82, 2.24) is 10.9 Å². The summed E-state index contributed by atoms with van der Waals surface area (Å²) in [6.07, 6.45) is 1.19. The number of anilines is 1. The van der Waals surface area contributed by atoms with E-state index >= 15 is 0 Å². The summed E-state index contributed by atoms with van der Waals surface area (Å²) in [5, 5.41) is 0.377. The van der Waals surface area contributed by atoms with Crippen LogP contribution in [0.1, 0.15) is 28.8 Å². The predicted octanol–water partition coefficient (Wildman–Crippen LogP) is 2.61. The molecule has 2 aromatic rings. The van der Waals surface area contributed by atoms with E-state index < -0.39 is 11.8 Å². The van der Waals surface area contributed by atoms with Gasteiger partial charge in [-0.1, -0.05) is 23.7 Å². The first kappa shape index (κ1) is 18.8. The van der Waals surface area contributed by atoms with E-state index in [1.165, 1.54) is 42.5 Å². The van der Waals surface area contributed by atoms with Gasteiger partial charge in [-0.15, -0.1) is 0 Å². The maximum atomic E-state index is 12.9. The average Bonchev–Trinajstić information content (AvgIpc) is 3.08. The number of hydrogen-bond donors (Lipinski definition) is 2. The lowest BCUT2D eigenvalue weighted by Gasteiger charge is -2.18. The van der Waals surface area contributed by atoms with Gasteiger partial charge in [0, 0.05) is 18.5 Å². The summed E-state index contributed by atoms with van der Waals surface area (Å²) >= 11 is 6.15. The molecule has 1 heterocycles. The molecule has 2 N–H and O–H groups in total. The molecule has 1 saturated heterocycles. The van der Waals surface area contributed by atoms with Gasteiger partial charge in [-0.3, -0.25) is 25.2 Å². The number of benzene rings is 2. The van der Waals surface area contributed by atoms with Crippen LogP contribution in [0.5, 0.6) is 0 Å². The highest BCUT2D eigenvalue weighted by molar-refractivity contribution is 6.34. The smallest absolute Gasteiger partial charge is 0.269 e. The summed E-state index contributed by atoms with van der Waals surface area (Å²) in [5.74, 6) is -1.41. The number of hydrazine groups is 1. The molecule has 0 atom stereocenters. The number of carbonyl (C=O) groups excluding carboxylic acids is 3. The van der Waals surface area contributed by atoms with Crippen LogP contribution in [0.15, 0.2) is 42.5 Å². The van der Waals surface area contributed by atoms with E-state index in [1.807, 2.05) is 0 Å². The van der Waals surface area contributed by atoms with Crippen molar-refractivity contribution < 1.29 is 18.8 Å². The van der Waals surface area contributed by atoms with Crippen molar-refractivity contribution >= 4 is 35.0 Å². The van der Waals surface area contributed by atoms with Crippen molar-refractivity contribution in [3.05, 3.63) is 64.4 Å². The first-order chi connectivity index (χ1) is 12.9. The topological polar surface area (TPSA) is 78.5 Å². The fourth-order valence-corrected chi connectivity index (χ4v) is 3.01. The van der Waals surface area contributed by atoms with Crippen molar-refractivity contribution in [2.24, 2.45) is 0 Å². The Kier molecular flexibility index (Phi) is 5.71. The summed E-state index contributed by atoms with van der Waals surface area (Å²) in [6.45, 7) is 0.554. The molecule has 3 amide bonds. The Hall–Kier alpha value is -2.93. The Morgan fingerprint density at radius 2 is 1.85 bits per heavy atom. The zero-order valence-corrected chi connectivity index (χ0v) is 15.1. The van der Waals surface area contributed by atoms with Gasteiger partial charge >= 0.3 is 0 Å². The minimum atomic E-state index is -0.535. The zero-order chi connectivity index (χ0) is 19.4. The molecule has 27 heavy (non-hydrogen) atoms. The number of carbonyl (C=O) groups is 3. The maximum Gasteiger partial charge on any atom is 0.269 e. The van der Waals surface area contributed by atoms with Gasteiger partial charge < -0.3 is 4.90 Å². The SMILES string of the molecule is O=C(Cc1ccc(F)cc1)NNC(=O)c1ccc(Cl)c(N2CCCC2=O)c1. The normalized spacial score (nSPS) is 13.6. The first-order valence-corrected chi connectivity index (χ1v) is 8.75. The lowest BCUT2D eigenvalue weighted by molar-refractivity contribution is -0.121. The van der Waals surface area contributed by atoms with Crippen LogP contribution in [-0.4, -0.2) is 24.3 Å². The largest absolute Gasteiger partial charge is 0.311 e. The minimum Gasteiger partial charge on any atom is -0.311 e. The minimum absolute atomic E-state index is 0.00525. The summed E-state index contributed by atoms with van der Waals surface area (Å²) in [4.78, 5) is 37.6. The molecule has 0 unspecified atom stereocenters. The molecular weight excluding hydrogens is 373 g/mol.